The number of para-hydroxylation sites is 1. The molecule has 1 N–H and O–H groups in total. The molecule has 6 heteroatoms. The first-order chi connectivity index (χ1) is 14.7. The lowest BCUT2D eigenvalue weighted by Crippen LogP contribution is -2.31. The number of hydrogen-bond acceptors (Lipinski definition) is 5. The third kappa shape index (κ3) is 4.55. The number of nitrogens with one attached hydrogen (secondary N) is 1. The summed E-state index contributed by atoms with van der Waals surface area (Å²) in [4.78, 5) is 12.3. The Morgan fingerprint density at radius 3 is 2.30 bits per heavy atom. The Balaban J connectivity index is 1.44. The standard InChI is InChI=1S/C24H21N3O3/c1-17(18-10-4-2-5-11-18)25-22(28)16-29-21-15-9-8-14-20(21)24-27-26-23(30-24)19-12-6-3-7-13-19/h2-15,17H,16H2,1H3,(H,25,28). The fraction of sp³-hybridized carbons (Fsp3) is 0.125. The van der Waals surface area contributed by atoms with Crippen LogP contribution in [-0.2, 0) is 4.79 Å². The van der Waals surface area contributed by atoms with Crippen LogP contribution >= 0.6 is 0 Å². The van der Waals surface area contributed by atoms with E-state index in [0.29, 0.717) is 23.1 Å². The van der Waals surface area contributed by atoms with Gasteiger partial charge >= 0.3 is 0 Å². The van der Waals surface area contributed by atoms with Gasteiger partial charge in [0.05, 0.1) is 11.6 Å². The second-order valence-corrected chi connectivity index (χ2v) is 6.76. The molecule has 0 radical (unpaired) electrons. The van der Waals surface area contributed by atoms with Crippen molar-refractivity contribution < 1.29 is 13.9 Å². The minimum Gasteiger partial charge on any atom is -0.483 e. The van der Waals surface area contributed by atoms with Crippen LogP contribution in [0.3, 0.4) is 0 Å². The fourth-order valence-electron chi connectivity index (χ4n) is 3.05. The summed E-state index contributed by atoms with van der Waals surface area (Å²) in [5, 5.41) is 11.2. The number of benzene rings is 3. The van der Waals surface area contributed by atoms with Gasteiger partial charge in [0.15, 0.2) is 6.61 Å². The zero-order chi connectivity index (χ0) is 20.8. The minimum atomic E-state index is -0.211. The first kappa shape index (κ1) is 19.4. The molecule has 4 rings (SSSR count). The highest BCUT2D eigenvalue weighted by atomic mass is 16.5. The summed E-state index contributed by atoms with van der Waals surface area (Å²) in [5.41, 5.74) is 2.51. The average molecular weight is 399 g/mol. The minimum absolute atomic E-state index is 0.109. The third-order valence-electron chi connectivity index (χ3n) is 4.60. The monoisotopic (exact) mass is 399 g/mol. The molecule has 0 fully saturated rings. The maximum absolute atomic E-state index is 12.3. The highest BCUT2D eigenvalue weighted by molar-refractivity contribution is 5.78. The van der Waals surface area contributed by atoms with Crippen LogP contribution in [0.4, 0.5) is 0 Å². The molecule has 6 nitrogen and oxygen atoms in total. The largest absolute Gasteiger partial charge is 0.483 e. The van der Waals surface area contributed by atoms with Gasteiger partial charge in [0, 0.05) is 5.56 Å². The van der Waals surface area contributed by atoms with E-state index in [1.165, 1.54) is 0 Å². The van der Waals surface area contributed by atoms with Gasteiger partial charge in [0.2, 0.25) is 5.89 Å². The van der Waals surface area contributed by atoms with Crippen molar-refractivity contribution in [1.29, 1.82) is 0 Å². The lowest BCUT2D eigenvalue weighted by molar-refractivity contribution is -0.123. The van der Waals surface area contributed by atoms with Crippen molar-refractivity contribution >= 4 is 5.91 Å². The van der Waals surface area contributed by atoms with Crippen molar-refractivity contribution in [3.8, 4) is 28.7 Å². The second-order valence-electron chi connectivity index (χ2n) is 6.76. The molecule has 0 saturated heterocycles. The van der Waals surface area contributed by atoms with Crippen LogP contribution in [0.2, 0.25) is 0 Å². The molecular formula is C24H21N3O3. The molecule has 0 aliphatic rings. The van der Waals surface area contributed by atoms with Crippen molar-refractivity contribution in [3.05, 3.63) is 90.5 Å². The molecule has 1 atom stereocenters. The highest BCUT2D eigenvalue weighted by Crippen LogP contribution is 2.30. The number of aromatic nitrogens is 2. The van der Waals surface area contributed by atoms with Gasteiger partial charge < -0.3 is 14.5 Å². The normalized spacial score (nSPS) is 11.6. The van der Waals surface area contributed by atoms with Crippen molar-refractivity contribution in [1.82, 2.24) is 15.5 Å². The Bertz CT molecular complexity index is 1110. The molecule has 1 aromatic heterocycles. The van der Waals surface area contributed by atoms with E-state index in [0.717, 1.165) is 11.1 Å². The van der Waals surface area contributed by atoms with Gasteiger partial charge in [-0.15, -0.1) is 10.2 Å². The van der Waals surface area contributed by atoms with Gasteiger partial charge in [0.1, 0.15) is 5.75 Å². The summed E-state index contributed by atoms with van der Waals surface area (Å²) in [6.07, 6.45) is 0. The van der Waals surface area contributed by atoms with Crippen LogP contribution in [0.5, 0.6) is 5.75 Å². The number of nitrogens with zero attached hydrogens (tertiary/aromatic N) is 2. The van der Waals surface area contributed by atoms with E-state index in [4.69, 9.17) is 9.15 Å². The van der Waals surface area contributed by atoms with E-state index in [-0.39, 0.29) is 18.6 Å². The summed E-state index contributed by atoms with van der Waals surface area (Å²) in [5.74, 6) is 1.05. The number of rotatable bonds is 7. The Hall–Kier alpha value is -3.93. The summed E-state index contributed by atoms with van der Waals surface area (Å²) >= 11 is 0. The van der Waals surface area contributed by atoms with Gasteiger partial charge in [-0.2, -0.15) is 0 Å². The Labute approximate surface area is 174 Å². The quantitative estimate of drug-likeness (QED) is 0.489. The van der Waals surface area contributed by atoms with Crippen molar-refractivity contribution in [2.24, 2.45) is 0 Å². The molecule has 150 valence electrons. The van der Waals surface area contributed by atoms with Gasteiger partial charge in [-0.25, -0.2) is 0 Å². The number of carbonyl (C=O) groups excluding carboxylic acids is 1. The van der Waals surface area contributed by atoms with Gasteiger partial charge in [-0.1, -0.05) is 60.7 Å². The maximum Gasteiger partial charge on any atom is 0.258 e. The van der Waals surface area contributed by atoms with E-state index in [9.17, 15) is 4.79 Å². The smallest absolute Gasteiger partial charge is 0.258 e. The van der Waals surface area contributed by atoms with E-state index in [1.807, 2.05) is 85.8 Å². The fourth-order valence-corrected chi connectivity index (χ4v) is 3.05. The molecule has 1 heterocycles. The summed E-state index contributed by atoms with van der Waals surface area (Å²) < 4.78 is 11.6. The van der Waals surface area contributed by atoms with E-state index >= 15 is 0 Å². The van der Waals surface area contributed by atoms with Crippen molar-refractivity contribution in [2.45, 2.75) is 13.0 Å². The number of carbonyl (C=O) groups is 1. The molecule has 0 saturated carbocycles. The van der Waals surface area contributed by atoms with E-state index in [2.05, 4.69) is 15.5 Å². The van der Waals surface area contributed by atoms with Gasteiger partial charge in [0.25, 0.3) is 11.8 Å². The topological polar surface area (TPSA) is 77.2 Å². The van der Waals surface area contributed by atoms with Crippen LogP contribution in [-0.4, -0.2) is 22.7 Å². The molecular weight excluding hydrogens is 378 g/mol. The Morgan fingerprint density at radius 1 is 0.900 bits per heavy atom. The molecule has 0 aliphatic carbocycles. The predicted octanol–water partition coefficient (Wildman–Crippen LogP) is 4.66. The van der Waals surface area contributed by atoms with Crippen LogP contribution in [0.15, 0.2) is 89.3 Å². The van der Waals surface area contributed by atoms with Gasteiger partial charge in [-0.05, 0) is 36.8 Å². The van der Waals surface area contributed by atoms with Crippen LogP contribution in [0, 0.1) is 0 Å². The molecule has 3 aromatic carbocycles. The molecule has 30 heavy (non-hydrogen) atoms. The van der Waals surface area contributed by atoms with Gasteiger partial charge in [-0.3, -0.25) is 4.79 Å². The second kappa shape index (κ2) is 9.05. The Morgan fingerprint density at radius 2 is 1.53 bits per heavy atom. The Kier molecular flexibility index (Phi) is 5.85. The highest BCUT2D eigenvalue weighted by Gasteiger charge is 2.16. The van der Waals surface area contributed by atoms with Crippen LogP contribution in [0.1, 0.15) is 18.5 Å². The SMILES string of the molecule is CC(NC(=O)COc1ccccc1-c1nnc(-c2ccccc2)o1)c1ccccc1. The lowest BCUT2D eigenvalue weighted by Gasteiger charge is -2.15. The molecule has 4 aromatic rings. The molecule has 0 aliphatic heterocycles. The maximum atomic E-state index is 12.3. The van der Waals surface area contributed by atoms with Crippen LogP contribution < -0.4 is 10.1 Å². The number of amides is 1. The zero-order valence-electron chi connectivity index (χ0n) is 16.5. The van der Waals surface area contributed by atoms with E-state index in [1.54, 1.807) is 6.07 Å². The summed E-state index contributed by atoms with van der Waals surface area (Å²) in [6.45, 7) is 1.82. The number of hydrogen-bond donors (Lipinski definition) is 1. The third-order valence-corrected chi connectivity index (χ3v) is 4.60. The molecule has 0 spiro atoms. The molecule has 1 unspecified atom stereocenters. The number of ether oxygens (including phenoxy) is 1. The first-order valence-electron chi connectivity index (χ1n) is 9.66. The predicted molar refractivity (Wildman–Crippen MR) is 114 cm³/mol. The van der Waals surface area contributed by atoms with E-state index < -0.39 is 0 Å². The van der Waals surface area contributed by atoms with Crippen molar-refractivity contribution in [2.75, 3.05) is 6.61 Å². The summed E-state index contributed by atoms with van der Waals surface area (Å²) in [6, 6.07) is 26.5. The first-order valence-corrected chi connectivity index (χ1v) is 9.66. The average Bonchev–Trinajstić information content (AvgIpc) is 3.29. The van der Waals surface area contributed by atoms with Crippen molar-refractivity contribution in [3.63, 3.8) is 0 Å². The molecule has 0 bridgehead atoms. The summed E-state index contributed by atoms with van der Waals surface area (Å²) in [7, 11) is 0. The van der Waals surface area contributed by atoms with Crippen LogP contribution in [0.25, 0.3) is 22.9 Å². The lowest BCUT2D eigenvalue weighted by atomic mass is 10.1. The zero-order valence-corrected chi connectivity index (χ0v) is 16.5. The molecule has 1 amide bonds.